The third kappa shape index (κ3) is 6.03. The summed E-state index contributed by atoms with van der Waals surface area (Å²) >= 11 is 0. The van der Waals surface area contributed by atoms with Crippen molar-refractivity contribution < 1.29 is 18.0 Å². The number of amides is 2. The van der Waals surface area contributed by atoms with Crippen molar-refractivity contribution in [2.24, 2.45) is 0 Å². The Morgan fingerprint density at radius 3 is 1.61 bits per heavy atom. The maximum atomic E-state index is 12.2. The average molecular weight is 445 g/mol. The van der Waals surface area contributed by atoms with Gasteiger partial charge in [-0.1, -0.05) is 0 Å². The molecule has 31 heavy (non-hydrogen) atoms. The van der Waals surface area contributed by atoms with E-state index in [4.69, 9.17) is 0 Å². The van der Waals surface area contributed by atoms with E-state index in [0.717, 1.165) is 25.7 Å². The van der Waals surface area contributed by atoms with Gasteiger partial charge in [-0.05, 0) is 37.8 Å². The van der Waals surface area contributed by atoms with Gasteiger partial charge in [-0.15, -0.1) is 0 Å². The lowest BCUT2D eigenvalue weighted by Gasteiger charge is -2.08. The van der Waals surface area contributed by atoms with E-state index in [9.17, 15) is 18.0 Å². The highest BCUT2D eigenvalue weighted by Crippen LogP contribution is 2.38. The molecule has 0 spiro atoms. The second-order valence-electron chi connectivity index (χ2n) is 7.81. The van der Waals surface area contributed by atoms with E-state index in [1.807, 2.05) is 0 Å². The molecule has 0 bridgehead atoms. The number of nitrogens with one attached hydrogen (secondary N) is 2. The number of aromatic nitrogens is 4. The van der Waals surface area contributed by atoms with Crippen LogP contribution >= 0.6 is 0 Å². The molecule has 0 aromatic carbocycles. The van der Waals surface area contributed by atoms with E-state index in [0.29, 0.717) is 23.5 Å². The minimum Gasteiger partial charge on any atom is -0.350 e. The standard InChI is InChI=1S/C20H24N6O4S/c27-19(15-5-7-21-17(25-15)13-1-2-13)23-9-11-31(29,30)12-10-24-20(28)16-6-8-22-18(26-16)14-3-4-14/h5-8,13-14H,1-4,9-12H2,(H,23,27)(H,24,28). The Labute approximate surface area is 180 Å². The first kappa shape index (κ1) is 21.3. The summed E-state index contributed by atoms with van der Waals surface area (Å²) in [5.74, 6) is 0.652. The molecule has 0 atom stereocenters. The second kappa shape index (κ2) is 9.04. The van der Waals surface area contributed by atoms with E-state index < -0.39 is 21.7 Å². The highest BCUT2D eigenvalue weighted by atomic mass is 32.2. The van der Waals surface area contributed by atoms with Crippen LogP contribution in [0.3, 0.4) is 0 Å². The Balaban J connectivity index is 1.19. The average Bonchev–Trinajstić information content (AvgIpc) is 3.65. The van der Waals surface area contributed by atoms with Crippen LogP contribution in [0.4, 0.5) is 0 Å². The summed E-state index contributed by atoms with van der Waals surface area (Å²) in [5.41, 5.74) is 0.467. The maximum Gasteiger partial charge on any atom is 0.270 e. The molecule has 2 aromatic heterocycles. The predicted molar refractivity (Wildman–Crippen MR) is 111 cm³/mol. The van der Waals surface area contributed by atoms with Gasteiger partial charge in [0.1, 0.15) is 23.0 Å². The SMILES string of the molecule is O=C(NCCS(=O)(=O)CCNC(=O)c1ccnc(C2CC2)n1)c1ccnc(C2CC2)n1. The van der Waals surface area contributed by atoms with Gasteiger partial charge in [0.15, 0.2) is 9.84 Å². The van der Waals surface area contributed by atoms with Gasteiger partial charge < -0.3 is 10.6 Å². The number of carbonyl (C=O) groups excluding carboxylic acids is 2. The number of hydrogen-bond acceptors (Lipinski definition) is 8. The van der Waals surface area contributed by atoms with E-state index in [1.165, 1.54) is 12.1 Å². The van der Waals surface area contributed by atoms with Crippen molar-refractivity contribution >= 4 is 21.7 Å². The van der Waals surface area contributed by atoms with Crippen molar-refractivity contribution in [1.82, 2.24) is 30.6 Å². The maximum absolute atomic E-state index is 12.2. The molecule has 2 aromatic rings. The number of carbonyl (C=O) groups is 2. The fourth-order valence-electron chi connectivity index (χ4n) is 3.00. The molecule has 2 amide bonds. The zero-order chi connectivity index (χ0) is 21.8. The summed E-state index contributed by atoms with van der Waals surface area (Å²) in [6.07, 6.45) is 7.19. The van der Waals surface area contributed by atoms with Crippen molar-refractivity contribution in [3.63, 3.8) is 0 Å². The van der Waals surface area contributed by atoms with Crippen LogP contribution in [0.1, 0.15) is 70.1 Å². The first-order chi connectivity index (χ1) is 14.9. The van der Waals surface area contributed by atoms with Crippen LogP contribution in [0.5, 0.6) is 0 Å². The Hall–Kier alpha value is -2.95. The van der Waals surface area contributed by atoms with Crippen LogP contribution < -0.4 is 10.6 Å². The monoisotopic (exact) mass is 444 g/mol. The molecule has 164 valence electrons. The van der Waals surface area contributed by atoms with E-state index in [1.54, 1.807) is 12.4 Å². The van der Waals surface area contributed by atoms with Crippen molar-refractivity contribution in [3.8, 4) is 0 Å². The first-order valence-electron chi connectivity index (χ1n) is 10.3. The van der Waals surface area contributed by atoms with Gasteiger partial charge in [0.2, 0.25) is 0 Å². The van der Waals surface area contributed by atoms with Gasteiger partial charge in [0.05, 0.1) is 11.5 Å². The van der Waals surface area contributed by atoms with E-state index in [-0.39, 0.29) is 36.0 Å². The molecule has 11 heteroatoms. The molecular weight excluding hydrogens is 420 g/mol. The molecular formula is C20H24N6O4S. The van der Waals surface area contributed by atoms with E-state index in [2.05, 4.69) is 30.6 Å². The molecule has 10 nitrogen and oxygen atoms in total. The summed E-state index contributed by atoms with van der Waals surface area (Å²) < 4.78 is 24.4. The second-order valence-corrected chi connectivity index (χ2v) is 10.1. The summed E-state index contributed by atoms with van der Waals surface area (Å²) in [4.78, 5) is 41.2. The molecule has 4 rings (SSSR count). The van der Waals surface area contributed by atoms with Crippen molar-refractivity contribution in [1.29, 1.82) is 0 Å². The van der Waals surface area contributed by atoms with Crippen molar-refractivity contribution in [2.75, 3.05) is 24.6 Å². The number of rotatable bonds is 10. The molecule has 2 aliphatic rings. The quantitative estimate of drug-likeness (QED) is 0.542. The van der Waals surface area contributed by atoms with Crippen LogP contribution in [-0.2, 0) is 9.84 Å². The summed E-state index contributed by atoms with van der Waals surface area (Å²) in [6, 6.07) is 3.01. The van der Waals surface area contributed by atoms with Gasteiger partial charge in [-0.3, -0.25) is 9.59 Å². The lowest BCUT2D eigenvalue weighted by molar-refractivity contribution is 0.0943. The molecule has 2 fully saturated rings. The predicted octanol–water partition coefficient (Wildman–Crippen LogP) is 0.596. The minimum absolute atomic E-state index is 0.0332. The van der Waals surface area contributed by atoms with Crippen LogP contribution in [0.2, 0.25) is 0 Å². The third-order valence-corrected chi connectivity index (χ3v) is 6.75. The zero-order valence-corrected chi connectivity index (χ0v) is 17.8. The largest absolute Gasteiger partial charge is 0.350 e. The van der Waals surface area contributed by atoms with Crippen LogP contribution in [0.25, 0.3) is 0 Å². The smallest absolute Gasteiger partial charge is 0.270 e. The molecule has 0 radical (unpaired) electrons. The number of sulfone groups is 1. The Bertz CT molecular complexity index is 1000. The molecule has 0 aliphatic heterocycles. The Kier molecular flexibility index (Phi) is 6.21. The Morgan fingerprint density at radius 1 is 0.806 bits per heavy atom. The summed E-state index contributed by atoms with van der Waals surface area (Å²) in [6.45, 7) is -0.0664. The van der Waals surface area contributed by atoms with Crippen molar-refractivity contribution in [2.45, 2.75) is 37.5 Å². The lowest BCUT2D eigenvalue weighted by atomic mass is 10.3. The molecule has 2 N–H and O–H groups in total. The summed E-state index contributed by atoms with van der Waals surface area (Å²) in [5, 5.41) is 5.15. The van der Waals surface area contributed by atoms with Gasteiger partial charge in [-0.25, -0.2) is 28.4 Å². The normalized spacial score (nSPS) is 16.0. The highest BCUT2D eigenvalue weighted by molar-refractivity contribution is 7.91. The molecule has 2 heterocycles. The zero-order valence-electron chi connectivity index (χ0n) is 17.0. The van der Waals surface area contributed by atoms with Crippen LogP contribution in [-0.4, -0.2) is 64.8 Å². The van der Waals surface area contributed by atoms with Gasteiger partial charge in [0, 0.05) is 37.3 Å². The first-order valence-corrected chi connectivity index (χ1v) is 12.2. The lowest BCUT2D eigenvalue weighted by Crippen LogP contribution is -2.34. The topological polar surface area (TPSA) is 144 Å². The van der Waals surface area contributed by atoms with Crippen LogP contribution in [0, 0.1) is 0 Å². The highest BCUT2D eigenvalue weighted by Gasteiger charge is 2.28. The molecule has 0 saturated heterocycles. The molecule has 2 aliphatic carbocycles. The molecule has 0 unspecified atom stereocenters. The summed E-state index contributed by atoms with van der Waals surface area (Å²) in [7, 11) is -3.46. The van der Waals surface area contributed by atoms with Gasteiger partial charge >= 0.3 is 0 Å². The van der Waals surface area contributed by atoms with E-state index >= 15 is 0 Å². The minimum atomic E-state index is -3.46. The van der Waals surface area contributed by atoms with Crippen molar-refractivity contribution in [3.05, 3.63) is 47.6 Å². The van der Waals surface area contributed by atoms with Gasteiger partial charge in [-0.2, -0.15) is 0 Å². The van der Waals surface area contributed by atoms with Crippen LogP contribution in [0.15, 0.2) is 24.5 Å². The fraction of sp³-hybridized carbons (Fsp3) is 0.500. The van der Waals surface area contributed by atoms with Gasteiger partial charge in [0.25, 0.3) is 11.8 Å². The fourth-order valence-corrected chi connectivity index (χ4v) is 4.03. The number of hydrogen-bond donors (Lipinski definition) is 2. The number of nitrogens with zero attached hydrogens (tertiary/aromatic N) is 4. The third-order valence-electron chi connectivity index (χ3n) is 5.10. The molecule has 2 saturated carbocycles. The Morgan fingerprint density at radius 2 is 1.23 bits per heavy atom.